The lowest BCUT2D eigenvalue weighted by Crippen LogP contribution is -2.13. The van der Waals surface area contributed by atoms with Crippen molar-refractivity contribution in [3.8, 4) is 0 Å². The van der Waals surface area contributed by atoms with E-state index in [-0.39, 0.29) is 11.9 Å². The fourth-order valence-electron chi connectivity index (χ4n) is 1.21. The Morgan fingerprint density at radius 1 is 1.44 bits per heavy atom. The highest BCUT2D eigenvalue weighted by molar-refractivity contribution is 5.71. The molecule has 86 valence electrons. The maximum Gasteiger partial charge on any atom is 0.308 e. The molecule has 2 heteroatoms. The summed E-state index contributed by atoms with van der Waals surface area (Å²) in [6, 6.07) is 7.81. The molecule has 0 aliphatic carbocycles. The molecule has 0 aliphatic rings. The van der Waals surface area contributed by atoms with Gasteiger partial charge in [-0.25, -0.2) is 0 Å². The monoisotopic (exact) mass is 218 g/mol. The lowest BCUT2D eigenvalue weighted by molar-refractivity contribution is -0.149. The predicted octanol–water partition coefficient (Wildman–Crippen LogP) is 3.42. The van der Waals surface area contributed by atoms with Gasteiger partial charge < -0.3 is 4.74 Å². The summed E-state index contributed by atoms with van der Waals surface area (Å²) in [5, 5.41) is 0. The third kappa shape index (κ3) is 3.54. The fraction of sp³-hybridized carbons (Fsp3) is 0.357. The molecule has 1 aromatic carbocycles. The minimum absolute atomic E-state index is 0.0209. The van der Waals surface area contributed by atoms with E-state index in [0.717, 1.165) is 17.5 Å². The molecule has 0 N–H and O–H groups in total. The van der Waals surface area contributed by atoms with E-state index < -0.39 is 0 Å². The Morgan fingerprint density at radius 3 is 2.56 bits per heavy atom. The third-order valence-electron chi connectivity index (χ3n) is 2.61. The molecule has 0 saturated carbocycles. The van der Waals surface area contributed by atoms with Crippen molar-refractivity contribution >= 4 is 12.0 Å². The Morgan fingerprint density at radius 2 is 2.06 bits per heavy atom. The van der Waals surface area contributed by atoms with Gasteiger partial charge in [0, 0.05) is 0 Å². The minimum Gasteiger partial charge on any atom is -0.461 e. The molecule has 0 spiro atoms. The Hall–Kier alpha value is -1.57. The van der Waals surface area contributed by atoms with Gasteiger partial charge in [-0.15, -0.1) is 0 Å². The van der Waals surface area contributed by atoms with Gasteiger partial charge in [0.25, 0.3) is 0 Å². The van der Waals surface area contributed by atoms with Gasteiger partial charge in [-0.2, -0.15) is 0 Å². The van der Waals surface area contributed by atoms with Gasteiger partial charge in [0.1, 0.15) is 6.61 Å². The Kier molecular flexibility index (Phi) is 4.77. The largest absolute Gasteiger partial charge is 0.461 e. The van der Waals surface area contributed by atoms with Gasteiger partial charge in [0.05, 0.1) is 5.92 Å². The number of carbonyl (C=O) groups excluding carboxylic acids is 1. The van der Waals surface area contributed by atoms with Crippen molar-refractivity contribution in [1.29, 1.82) is 0 Å². The van der Waals surface area contributed by atoms with E-state index >= 15 is 0 Å². The topological polar surface area (TPSA) is 26.3 Å². The molecular weight excluding hydrogens is 200 g/mol. The number of esters is 1. The van der Waals surface area contributed by atoms with Crippen molar-refractivity contribution in [3.63, 3.8) is 0 Å². The van der Waals surface area contributed by atoms with Gasteiger partial charge in [-0.3, -0.25) is 4.79 Å². The lowest BCUT2D eigenvalue weighted by atomic mass is 10.1. The van der Waals surface area contributed by atoms with Crippen LogP contribution in [0.4, 0.5) is 0 Å². The first-order chi connectivity index (χ1) is 7.67. The first-order valence-corrected chi connectivity index (χ1v) is 5.55. The number of benzene rings is 1. The molecule has 0 aliphatic heterocycles. The van der Waals surface area contributed by atoms with Crippen LogP contribution in [0.5, 0.6) is 0 Å². The number of hydrogen-bond acceptors (Lipinski definition) is 2. The lowest BCUT2D eigenvalue weighted by Gasteiger charge is -2.09. The van der Waals surface area contributed by atoms with Crippen LogP contribution in [0.15, 0.2) is 30.8 Å². The second-order valence-corrected chi connectivity index (χ2v) is 3.86. The molecule has 0 heterocycles. The first kappa shape index (κ1) is 12.5. The van der Waals surface area contributed by atoms with E-state index in [2.05, 4.69) is 6.58 Å². The van der Waals surface area contributed by atoms with Crippen LogP contribution in [0, 0.1) is 5.92 Å². The molecule has 0 amide bonds. The van der Waals surface area contributed by atoms with Crippen molar-refractivity contribution in [2.45, 2.75) is 26.9 Å². The number of hydrogen-bond donors (Lipinski definition) is 0. The van der Waals surface area contributed by atoms with Gasteiger partial charge in [-0.1, -0.05) is 50.8 Å². The fourth-order valence-corrected chi connectivity index (χ4v) is 1.21. The number of rotatable bonds is 5. The summed E-state index contributed by atoms with van der Waals surface area (Å²) in [7, 11) is 0. The number of carbonyl (C=O) groups is 1. The van der Waals surface area contributed by atoms with Crippen LogP contribution in [0.1, 0.15) is 31.4 Å². The smallest absolute Gasteiger partial charge is 0.308 e. The summed E-state index contributed by atoms with van der Waals surface area (Å²) >= 11 is 0. The van der Waals surface area contributed by atoms with E-state index in [9.17, 15) is 4.79 Å². The Balaban J connectivity index is 2.48. The normalized spacial score (nSPS) is 11.9. The van der Waals surface area contributed by atoms with Crippen molar-refractivity contribution in [2.75, 3.05) is 0 Å². The van der Waals surface area contributed by atoms with Crippen molar-refractivity contribution < 1.29 is 9.53 Å². The van der Waals surface area contributed by atoms with Crippen molar-refractivity contribution in [3.05, 3.63) is 42.0 Å². The highest BCUT2D eigenvalue weighted by Crippen LogP contribution is 2.09. The maximum atomic E-state index is 11.4. The van der Waals surface area contributed by atoms with E-state index in [1.54, 1.807) is 6.08 Å². The zero-order valence-electron chi connectivity index (χ0n) is 9.90. The Bertz CT molecular complexity index is 352. The molecule has 1 atom stereocenters. The summed E-state index contributed by atoms with van der Waals surface area (Å²) < 4.78 is 5.19. The van der Waals surface area contributed by atoms with Crippen molar-refractivity contribution in [1.82, 2.24) is 0 Å². The first-order valence-electron chi connectivity index (χ1n) is 5.55. The molecule has 0 fully saturated rings. The average Bonchev–Trinajstić information content (AvgIpc) is 2.35. The summed E-state index contributed by atoms with van der Waals surface area (Å²) in [4.78, 5) is 11.4. The molecule has 16 heavy (non-hydrogen) atoms. The van der Waals surface area contributed by atoms with E-state index in [1.807, 2.05) is 38.1 Å². The van der Waals surface area contributed by atoms with Crippen LogP contribution in [0.3, 0.4) is 0 Å². The minimum atomic E-state index is -0.129. The van der Waals surface area contributed by atoms with Gasteiger partial charge >= 0.3 is 5.97 Å². The second-order valence-electron chi connectivity index (χ2n) is 3.86. The summed E-state index contributed by atoms with van der Waals surface area (Å²) in [5.74, 6) is -0.150. The second kappa shape index (κ2) is 6.11. The standard InChI is InChI=1S/C14H18O2/c1-4-11(3)14(15)16-10-13-8-6-12(5-2)7-9-13/h5-9,11H,2,4,10H2,1,3H3. The summed E-state index contributed by atoms with van der Waals surface area (Å²) in [6.45, 7) is 7.89. The molecule has 0 radical (unpaired) electrons. The maximum absolute atomic E-state index is 11.4. The van der Waals surface area contributed by atoms with Gasteiger partial charge in [-0.05, 0) is 17.5 Å². The van der Waals surface area contributed by atoms with Gasteiger partial charge in [0.2, 0.25) is 0 Å². The molecule has 0 bridgehead atoms. The van der Waals surface area contributed by atoms with E-state index in [0.29, 0.717) is 6.61 Å². The predicted molar refractivity (Wildman–Crippen MR) is 65.8 cm³/mol. The van der Waals surface area contributed by atoms with Crippen LogP contribution in [-0.4, -0.2) is 5.97 Å². The van der Waals surface area contributed by atoms with Crippen molar-refractivity contribution in [2.24, 2.45) is 5.92 Å². The summed E-state index contributed by atoms with van der Waals surface area (Å²) in [6.07, 6.45) is 2.60. The highest BCUT2D eigenvalue weighted by atomic mass is 16.5. The van der Waals surface area contributed by atoms with E-state index in [1.165, 1.54) is 0 Å². The van der Waals surface area contributed by atoms with Crippen LogP contribution in [0.25, 0.3) is 6.08 Å². The molecule has 1 aromatic rings. The SMILES string of the molecule is C=Cc1ccc(COC(=O)C(C)CC)cc1. The Labute approximate surface area is 96.9 Å². The van der Waals surface area contributed by atoms with Gasteiger partial charge in [0.15, 0.2) is 0 Å². The molecule has 2 nitrogen and oxygen atoms in total. The third-order valence-corrected chi connectivity index (χ3v) is 2.61. The van der Waals surface area contributed by atoms with Crippen LogP contribution >= 0.6 is 0 Å². The zero-order chi connectivity index (χ0) is 12.0. The molecule has 0 saturated heterocycles. The van der Waals surface area contributed by atoms with Crippen LogP contribution in [-0.2, 0) is 16.1 Å². The molecule has 1 rings (SSSR count). The highest BCUT2D eigenvalue weighted by Gasteiger charge is 2.11. The zero-order valence-corrected chi connectivity index (χ0v) is 9.90. The summed E-state index contributed by atoms with van der Waals surface area (Å²) in [5.41, 5.74) is 2.07. The molecule has 1 unspecified atom stereocenters. The van der Waals surface area contributed by atoms with Crippen LogP contribution < -0.4 is 0 Å². The van der Waals surface area contributed by atoms with E-state index in [4.69, 9.17) is 4.74 Å². The quantitative estimate of drug-likeness (QED) is 0.708. The average molecular weight is 218 g/mol. The molecule has 0 aromatic heterocycles. The molecular formula is C14H18O2. The number of ether oxygens (including phenoxy) is 1. The van der Waals surface area contributed by atoms with Crippen LogP contribution in [0.2, 0.25) is 0 Å².